The predicted molar refractivity (Wildman–Crippen MR) is 95.4 cm³/mol. The fraction of sp³-hybridized carbons (Fsp3) is 0.263. The number of esters is 1. The molecule has 0 aliphatic heterocycles. The van der Waals surface area contributed by atoms with E-state index in [-0.39, 0.29) is 5.91 Å². The smallest absolute Gasteiger partial charge is 0.339 e. The zero-order chi connectivity index (χ0) is 17.5. The van der Waals surface area contributed by atoms with Crippen molar-refractivity contribution in [1.82, 2.24) is 0 Å². The molecule has 0 saturated heterocycles. The predicted octanol–water partition coefficient (Wildman–Crippen LogP) is 3.53. The fourth-order valence-electron chi connectivity index (χ4n) is 2.49. The molecule has 0 radical (unpaired) electrons. The van der Waals surface area contributed by atoms with Crippen LogP contribution in [0.1, 0.15) is 27.9 Å². The van der Waals surface area contributed by atoms with Crippen LogP contribution < -0.4 is 10.6 Å². The normalized spacial score (nSPS) is 10.1. The number of nitrogens with one attached hydrogen (secondary N) is 2. The van der Waals surface area contributed by atoms with Crippen LogP contribution in [0, 0.1) is 13.8 Å². The molecule has 2 rings (SSSR count). The number of amides is 1. The number of para-hydroxylation sites is 2. The number of methoxy groups -OCH3 is 1. The van der Waals surface area contributed by atoms with E-state index in [1.54, 1.807) is 24.3 Å². The minimum absolute atomic E-state index is 0.162. The molecule has 0 atom stereocenters. The van der Waals surface area contributed by atoms with Gasteiger partial charge in [-0.15, -0.1) is 0 Å². The third-order valence-electron chi connectivity index (χ3n) is 3.74. The summed E-state index contributed by atoms with van der Waals surface area (Å²) in [6, 6.07) is 12.9. The van der Waals surface area contributed by atoms with Crippen LogP contribution in [0.2, 0.25) is 0 Å². The number of rotatable bonds is 6. The summed E-state index contributed by atoms with van der Waals surface area (Å²) in [5.41, 5.74) is 4.15. The monoisotopic (exact) mass is 326 g/mol. The molecule has 0 heterocycles. The first kappa shape index (κ1) is 17.5. The van der Waals surface area contributed by atoms with Crippen LogP contribution >= 0.6 is 0 Å². The highest BCUT2D eigenvalue weighted by Gasteiger charge is 2.13. The van der Waals surface area contributed by atoms with Crippen molar-refractivity contribution < 1.29 is 14.3 Å². The number of carbonyl (C=O) groups excluding carboxylic acids is 2. The average Bonchev–Trinajstić information content (AvgIpc) is 2.57. The number of carbonyl (C=O) groups is 2. The zero-order valence-corrected chi connectivity index (χ0v) is 14.2. The van der Waals surface area contributed by atoms with Gasteiger partial charge in [0.15, 0.2) is 0 Å². The molecule has 0 aliphatic rings. The van der Waals surface area contributed by atoms with Crippen molar-refractivity contribution in [2.75, 3.05) is 24.3 Å². The summed E-state index contributed by atoms with van der Waals surface area (Å²) in [4.78, 5) is 23.8. The van der Waals surface area contributed by atoms with Crippen molar-refractivity contribution in [3.8, 4) is 0 Å². The Morgan fingerprint density at radius 1 is 1.00 bits per heavy atom. The Bertz CT molecular complexity index is 721. The van der Waals surface area contributed by atoms with E-state index < -0.39 is 5.97 Å². The number of ether oxygens (including phenoxy) is 1. The van der Waals surface area contributed by atoms with Gasteiger partial charge in [0.05, 0.1) is 18.4 Å². The number of hydrogen-bond donors (Lipinski definition) is 2. The van der Waals surface area contributed by atoms with Gasteiger partial charge < -0.3 is 15.4 Å². The molecule has 0 fully saturated rings. The lowest BCUT2D eigenvalue weighted by atomic mass is 10.1. The highest BCUT2D eigenvalue weighted by Crippen LogP contribution is 2.19. The van der Waals surface area contributed by atoms with Gasteiger partial charge in [0, 0.05) is 18.7 Å². The summed E-state index contributed by atoms with van der Waals surface area (Å²) < 4.78 is 4.72. The van der Waals surface area contributed by atoms with Crippen molar-refractivity contribution in [1.29, 1.82) is 0 Å². The Balaban J connectivity index is 1.94. The molecule has 0 aromatic heterocycles. The summed E-state index contributed by atoms with van der Waals surface area (Å²) >= 11 is 0. The second-order valence-electron chi connectivity index (χ2n) is 5.53. The molecule has 2 aromatic rings. The molecular weight excluding hydrogens is 304 g/mol. The van der Waals surface area contributed by atoms with E-state index in [4.69, 9.17) is 4.74 Å². The topological polar surface area (TPSA) is 67.4 Å². The Labute approximate surface area is 142 Å². The van der Waals surface area contributed by atoms with Gasteiger partial charge >= 0.3 is 5.97 Å². The second-order valence-corrected chi connectivity index (χ2v) is 5.53. The van der Waals surface area contributed by atoms with Crippen LogP contribution in [0.5, 0.6) is 0 Å². The van der Waals surface area contributed by atoms with Crippen LogP contribution in [-0.2, 0) is 9.53 Å². The minimum atomic E-state index is -0.473. The highest BCUT2D eigenvalue weighted by atomic mass is 16.5. The maximum Gasteiger partial charge on any atom is 0.339 e. The van der Waals surface area contributed by atoms with Crippen LogP contribution in [0.3, 0.4) is 0 Å². The summed E-state index contributed by atoms with van der Waals surface area (Å²) in [6.07, 6.45) is 0.295. The van der Waals surface area contributed by atoms with Gasteiger partial charge in [0.1, 0.15) is 0 Å². The molecule has 5 nitrogen and oxygen atoms in total. The molecule has 24 heavy (non-hydrogen) atoms. The number of anilines is 2. The van der Waals surface area contributed by atoms with Gasteiger partial charge in [-0.3, -0.25) is 4.79 Å². The summed E-state index contributed by atoms with van der Waals surface area (Å²) in [6.45, 7) is 4.57. The quantitative estimate of drug-likeness (QED) is 0.797. The highest BCUT2D eigenvalue weighted by molar-refractivity contribution is 6.01. The molecule has 2 N–H and O–H groups in total. The van der Waals surface area contributed by atoms with Gasteiger partial charge in [0.2, 0.25) is 5.91 Å². The van der Waals surface area contributed by atoms with Crippen LogP contribution in [-0.4, -0.2) is 25.5 Å². The lowest BCUT2D eigenvalue weighted by Gasteiger charge is -2.13. The molecule has 0 saturated carbocycles. The lowest BCUT2D eigenvalue weighted by molar-refractivity contribution is -0.115. The maximum absolute atomic E-state index is 12.1. The van der Waals surface area contributed by atoms with Crippen molar-refractivity contribution in [3.05, 3.63) is 59.2 Å². The molecule has 0 aliphatic carbocycles. The van der Waals surface area contributed by atoms with Gasteiger partial charge in [-0.1, -0.05) is 30.3 Å². The van der Waals surface area contributed by atoms with Crippen molar-refractivity contribution in [3.63, 3.8) is 0 Å². The summed E-state index contributed by atoms with van der Waals surface area (Å²) in [7, 11) is 1.31. The largest absolute Gasteiger partial charge is 0.465 e. The number of benzene rings is 2. The first-order valence-corrected chi connectivity index (χ1v) is 7.80. The third-order valence-corrected chi connectivity index (χ3v) is 3.74. The van der Waals surface area contributed by atoms with Gasteiger partial charge in [-0.05, 0) is 37.1 Å². The van der Waals surface area contributed by atoms with Crippen molar-refractivity contribution in [2.24, 2.45) is 0 Å². The molecule has 1 amide bonds. The van der Waals surface area contributed by atoms with E-state index in [9.17, 15) is 9.59 Å². The number of aryl methyl sites for hydroxylation is 2. The SMILES string of the molecule is COC(=O)c1ccccc1NC(=O)CCNc1c(C)cccc1C. The first-order valence-electron chi connectivity index (χ1n) is 7.80. The molecule has 0 bridgehead atoms. The Morgan fingerprint density at radius 2 is 1.67 bits per heavy atom. The molecule has 126 valence electrons. The molecular formula is C19H22N2O3. The Morgan fingerprint density at radius 3 is 2.33 bits per heavy atom. The van der Waals surface area contributed by atoms with E-state index in [1.165, 1.54) is 7.11 Å². The van der Waals surface area contributed by atoms with Crippen molar-refractivity contribution >= 4 is 23.3 Å². The molecule has 0 unspecified atom stereocenters. The van der Waals surface area contributed by atoms with Crippen LogP contribution in [0.15, 0.2) is 42.5 Å². The molecule has 5 heteroatoms. The van der Waals surface area contributed by atoms with E-state index in [1.807, 2.05) is 32.0 Å². The summed E-state index contributed by atoms with van der Waals surface area (Å²) in [5, 5.41) is 6.06. The average molecular weight is 326 g/mol. The zero-order valence-electron chi connectivity index (χ0n) is 14.2. The van der Waals surface area contributed by atoms with Gasteiger partial charge in [0.25, 0.3) is 0 Å². The van der Waals surface area contributed by atoms with E-state index in [0.29, 0.717) is 24.2 Å². The molecule has 0 spiro atoms. The van der Waals surface area contributed by atoms with Crippen LogP contribution in [0.25, 0.3) is 0 Å². The maximum atomic E-state index is 12.1. The van der Waals surface area contributed by atoms with Crippen LogP contribution in [0.4, 0.5) is 11.4 Å². The third kappa shape index (κ3) is 4.35. The standard InChI is InChI=1S/C19H22N2O3/c1-13-7-6-8-14(2)18(13)20-12-11-17(22)21-16-10-5-4-9-15(16)19(23)24-3/h4-10,20H,11-12H2,1-3H3,(H,21,22). The van der Waals surface area contributed by atoms with Crippen molar-refractivity contribution in [2.45, 2.75) is 20.3 Å². The Kier molecular flexibility index (Phi) is 5.95. The van der Waals surface area contributed by atoms with Gasteiger partial charge in [-0.25, -0.2) is 4.79 Å². The van der Waals surface area contributed by atoms with E-state index >= 15 is 0 Å². The minimum Gasteiger partial charge on any atom is -0.465 e. The fourth-order valence-corrected chi connectivity index (χ4v) is 2.49. The Hall–Kier alpha value is -2.82. The van der Waals surface area contributed by atoms with Gasteiger partial charge in [-0.2, -0.15) is 0 Å². The second kappa shape index (κ2) is 8.15. The first-order chi connectivity index (χ1) is 11.5. The lowest BCUT2D eigenvalue weighted by Crippen LogP contribution is -2.18. The number of hydrogen-bond acceptors (Lipinski definition) is 4. The molecule has 2 aromatic carbocycles. The summed E-state index contributed by atoms with van der Waals surface area (Å²) in [5.74, 6) is -0.635. The van der Waals surface area contributed by atoms with E-state index in [0.717, 1.165) is 16.8 Å². The van der Waals surface area contributed by atoms with E-state index in [2.05, 4.69) is 10.6 Å².